The van der Waals surface area contributed by atoms with E-state index in [4.69, 9.17) is 11.6 Å². The summed E-state index contributed by atoms with van der Waals surface area (Å²) in [5, 5.41) is 6.26. The van der Waals surface area contributed by atoms with Gasteiger partial charge in [0.15, 0.2) is 0 Å². The number of aryl methyl sites for hydroxylation is 1. The van der Waals surface area contributed by atoms with Gasteiger partial charge in [-0.15, -0.1) is 11.6 Å². The highest BCUT2D eigenvalue weighted by molar-refractivity contribution is 7.89. The Morgan fingerprint density at radius 1 is 1.67 bits per heavy atom. The summed E-state index contributed by atoms with van der Waals surface area (Å²) in [5.74, 6) is 0. The third-order valence-electron chi connectivity index (χ3n) is 2.49. The summed E-state index contributed by atoms with van der Waals surface area (Å²) in [6.45, 7) is 2.56. The second-order valence-electron chi connectivity index (χ2n) is 3.61. The highest BCUT2D eigenvalue weighted by Gasteiger charge is 2.33. The van der Waals surface area contributed by atoms with Crippen molar-refractivity contribution >= 4 is 21.6 Å². The molecule has 0 aromatic carbocycles. The van der Waals surface area contributed by atoms with Gasteiger partial charge in [-0.3, -0.25) is 5.10 Å². The molecule has 1 aliphatic heterocycles. The average molecular weight is 250 g/mol. The molecule has 0 saturated carbocycles. The molecule has 1 N–H and O–H groups in total. The summed E-state index contributed by atoms with van der Waals surface area (Å²) < 4.78 is 25.5. The maximum atomic E-state index is 12.1. The predicted molar refractivity (Wildman–Crippen MR) is 56.3 cm³/mol. The Balaban J connectivity index is 2.32. The molecule has 0 bridgehead atoms. The van der Waals surface area contributed by atoms with Crippen LogP contribution in [0.3, 0.4) is 0 Å². The number of halogens is 1. The van der Waals surface area contributed by atoms with Gasteiger partial charge >= 0.3 is 0 Å². The molecule has 1 aromatic heterocycles. The fourth-order valence-electron chi connectivity index (χ4n) is 1.64. The van der Waals surface area contributed by atoms with Crippen LogP contribution >= 0.6 is 11.6 Å². The normalized spacial score (nSPS) is 23.5. The number of sulfonamides is 1. The predicted octanol–water partition coefficient (Wildman–Crippen LogP) is 0.720. The molecule has 0 radical (unpaired) electrons. The van der Waals surface area contributed by atoms with E-state index >= 15 is 0 Å². The number of nitrogens with one attached hydrogen (secondary N) is 1. The highest BCUT2D eigenvalue weighted by Crippen LogP contribution is 2.24. The molecular weight excluding hydrogens is 238 g/mol. The van der Waals surface area contributed by atoms with Crippen LogP contribution in [-0.4, -0.2) is 41.4 Å². The Labute approximate surface area is 93.5 Å². The maximum absolute atomic E-state index is 12.1. The third-order valence-corrected chi connectivity index (χ3v) is 4.83. The quantitative estimate of drug-likeness (QED) is 0.786. The SMILES string of the molecule is Cc1[nH]ncc1S(=O)(=O)N1CCC(Cl)C1. The number of alkyl halides is 1. The molecule has 84 valence electrons. The van der Waals surface area contributed by atoms with Crippen LogP contribution in [0.5, 0.6) is 0 Å². The Hall–Kier alpha value is -0.590. The molecule has 0 aliphatic carbocycles. The van der Waals surface area contributed by atoms with E-state index in [0.717, 1.165) is 0 Å². The van der Waals surface area contributed by atoms with Crippen molar-refractivity contribution in [3.63, 3.8) is 0 Å². The zero-order chi connectivity index (χ0) is 11.1. The van der Waals surface area contributed by atoms with Gasteiger partial charge in [-0.05, 0) is 13.3 Å². The Kier molecular flexibility index (Phi) is 2.74. The Bertz CT molecular complexity index is 456. The minimum absolute atomic E-state index is 0.0769. The molecule has 1 fully saturated rings. The summed E-state index contributed by atoms with van der Waals surface area (Å²) in [5.41, 5.74) is 0.563. The molecule has 7 heteroatoms. The van der Waals surface area contributed by atoms with Crippen molar-refractivity contribution in [2.45, 2.75) is 23.6 Å². The van der Waals surface area contributed by atoms with E-state index < -0.39 is 10.0 Å². The lowest BCUT2D eigenvalue weighted by molar-refractivity contribution is 0.477. The lowest BCUT2D eigenvalue weighted by Gasteiger charge is -2.14. The summed E-state index contributed by atoms with van der Waals surface area (Å²) in [6, 6.07) is 0. The highest BCUT2D eigenvalue weighted by atomic mass is 35.5. The number of H-pyrrole nitrogens is 1. The smallest absolute Gasteiger partial charge is 0.246 e. The van der Waals surface area contributed by atoms with Crippen LogP contribution < -0.4 is 0 Å². The van der Waals surface area contributed by atoms with Gasteiger partial charge in [0, 0.05) is 18.5 Å². The molecule has 0 spiro atoms. The van der Waals surface area contributed by atoms with Crippen LogP contribution in [0.15, 0.2) is 11.1 Å². The minimum atomic E-state index is -3.40. The number of rotatable bonds is 2. The van der Waals surface area contributed by atoms with Gasteiger partial charge in [-0.1, -0.05) is 0 Å². The van der Waals surface area contributed by atoms with Gasteiger partial charge in [0.1, 0.15) is 4.90 Å². The molecule has 1 aromatic rings. The first kappa shape index (κ1) is 10.9. The van der Waals surface area contributed by atoms with Crippen LogP contribution in [-0.2, 0) is 10.0 Å². The van der Waals surface area contributed by atoms with E-state index in [1.165, 1.54) is 10.5 Å². The monoisotopic (exact) mass is 249 g/mol. The molecule has 1 unspecified atom stereocenters. The molecule has 1 atom stereocenters. The summed E-state index contributed by atoms with van der Waals surface area (Å²) in [4.78, 5) is 0.244. The maximum Gasteiger partial charge on any atom is 0.246 e. The van der Waals surface area contributed by atoms with Crippen molar-refractivity contribution < 1.29 is 8.42 Å². The van der Waals surface area contributed by atoms with Crippen LogP contribution in [0, 0.1) is 6.92 Å². The van der Waals surface area contributed by atoms with Gasteiger partial charge in [0.2, 0.25) is 10.0 Å². The minimum Gasteiger partial charge on any atom is -0.281 e. The van der Waals surface area contributed by atoms with E-state index in [9.17, 15) is 8.42 Å². The first-order valence-corrected chi connectivity index (χ1v) is 6.53. The molecular formula is C8H12ClN3O2S. The topological polar surface area (TPSA) is 66.1 Å². The van der Waals surface area contributed by atoms with Gasteiger partial charge in [-0.25, -0.2) is 8.42 Å². The summed E-state index contributed by atoms with van der Waals surface area (Å²) in [7, 11) is -3.40. The van der Waals surface area contributed by atoms with Crippen LogP contribution in [0.1, 0.15) is 12.1 Å². The molecule has 5 nitrogen and oxygen atoms in total. The van der Waals surface area contributed by atoms with Crippen molar-refractivity contribution in [1.82, 2.24) is 14.5 Å². The van der Waals surface area contributed by atoms with Crippen LogP contribution in [0.2, 0.25) is 0 Å². The number of aromatic nitrogens is 2. The number of hydrogen-bond acceptors (Lipinski definition) is 3. The fraction of sp³-hybridized carbons (Fsp3) is 0.625. The van der Waals surface area contributed by atoms with E-state index in [-0.39, 0.29) is 10.3 Å². The molecule has 1 saturated heterocycles. The van der Waals surface area contributed by atoms with Gasteiger partial charge in [0.05, 0.1) is 11.9 Å². The molecule has 2 rings (SSSR count). The first-order chi connectivity index (χ1) is 7.01. The van der Waals surface area contributed by atoms with Crippen LogP contribution in [0.25, 0.3) is 0 Å². The van der Waals surface area contributed by atoms with Crippen molar-refractivity contribution in [2.24, 2.45) is 0 Å². The number of hydrogen-bond donors (Lipinski definition) is 1. The Morgan fingerprint density at radius 3 is 2.87 bits per heavy atom. The lowest BCUT2D eigenvalue weighted by Crippen LogP contribution is -2.29. The first-order valence-electron chi connectivity index (χ1n) is 4.66. The van der Waals surface area contributed by atoms with E-state index in [1.54, 1.807) is 6.92 Å². The second kappa shape index (κ2) is 3.77. The van der Waals surface area contributed by atoms with Crippen molar-refractivity contribution in [3.05, 3.63) is 11.9 Å². The van der Waals surface area contributed by atoms with Crippen molar-refractivity contribution in [2.75, 3.05) is 13.1 Å². The van der Waals surface area contributed by atoms with Gasteiger partial charge in [-0.2, -0.15) is 9.40 Å². The zero-order valence-electron chi connectivity index (χ0n) is 8.27. The second-order valence-corrected chi connectivity index (χ2v) is 6.13. The Morgan fingerprint density at radius 2 is 2.40 bits per heavy atom. The lowest BCUT2D eigenvalue weighted by atomic mass is 10.4. The van der Waals surface area contributed by atoms with E-state index in [2.05, 4.69) is 10.2 Å². The largest absolute Gasteiger partial charge is 0.281 e. The third kappa shape index (κ3) is 1.89. The number of nitrogens with zero attached hydrogens (tertiary/aromatic N) is 2. The molecule has 2 heterocycles. The number of aromatic amines is 1. The zero-order valence-corrected chi connectivity index (χ0v) is 9.85. The summed E-state index contributed by atoms with van der Waals surface area (Å²) in [6.07, 6.45) is 2.05. The standard InChI is InChI=1S/C8H12ClN3O2S/c1-6-8(4-10-11-6)15(13,14)12-3-2-7(9)5-12/h4,7H,2-3,5H2,1H3,(H,10,11). The summed E-state index contributed by atoms with van der Waals surface area (Å²) >= 11 is 5.88. The van der Waals surface area contributed by atoms with Crippen LogP contribution in [0.4, 0.5) is 0 Å². The van der Waals surface area contributed by atoms with Gasteiger partial charge < -0.3 is 0 Å². The molecule has 1 aliphatic rings. The molecule has 15 heavy (non-hydrogen) atoms. The van der Waals surface area contributed by atoms with Gasteiger partial charge in [0.25, 0.3) is 0 Å². The van der Waals surface area contributed by atoms with Crippen molar-refractivity contribution in [3.8, 4) is 0 Å². The van der Waals surface area contributed by atoms with Crippen molar-refractivity contribution in [1.29, 1.82) is 0 Å². The van der Waals surface area contributed by atoms with E-state index in [0.29, 0.717) is 25.2 Å². The van der Waals surface area contributed by atoms with E-state index in [1.807, 2.05) is 0 Å². The molecule has 0 amide bonds. The fourth-order valence-corrected chi connectivity index (χ4v) is 3.61. The average Bonchev–Trinajstić information content (AvgIpc) is 2.74.